The van der Waals surface area contributed by atoms with Gasteiger partial charge in [-0.15, -0.1) is 0 Å². The molecule has 0 spiro atoms. The number of likely N-dealkylation sites (N-methyl/N-ethyl adjacent to an activating group) is 1. The van der Waals surface area contributed by atoms with Crippen molar-refractivity contribution in [1.29, 1.82) is 0 Å². The van der Waals surface area contributed by atoms with Crippen molar-refractivity contribution in [3.63, 3.8) is 0 Å². The molecular weight excluding hydrogens is 502 g/mol. The van der Waals surface area contributed by atoms with Crippen LogP contribution in [0.25, 0.3) is 5.76 Å². The number of nitrogens with two attached hydrogens (primary N) is 1. The van der Waals surface area contributed by atoms with Gasteiger partial charge in [-0.3, -0.25) is 19.3 Å². The fourth-order valence-electron chi connectivity index (χ4n) is 6.62. The third-order valence-electron chi connectivity index (χ3n) is 8.53. The van der Waals surface area contributed by atoms with E-state index in [2.05, 4.69) is 5.32 Å². The topological polar surface area (TPSA) is 173 Å². The molecule has 2 fully saturated rings. The zero-order valence-electron chi connectivity index (χ0n) is 20.5. The maximum atomic E-state index is 13.9. The predicted octanol–water partition coefficient (Wildman–Crippen LogP) is 1.43. The molecule has 0 radical (unpaired) electrons. The molecule has 1 saturated heterocycles. The average molecular weight is 532 g/mol. The molecule has 1 amide bonds. The first-order valence-corrected chi connectivity index (χ1v) is 12.8. The Labute approximate surface area is 218 Å². The molecule has 7 N–H and O–H groups in total. The fourth-order valence-corrected chi connectivity index (χ4v) is 6.98. The highest BCUT2D eigenvalue weighted by Gasteiger charge is 2.64. The van der Waals surface area contributed by atoms with Crippen LogP contribution >= 0.6 is 11.6 Å². The van der Waals surface area contributed by atoms with Crippen molar-refractivity contribution in [2.45, 2.75) is 50.3 Å². The van der Waals surface area contributed by atoms with Crippen LogP contribution in [0, 0.1) is 11.8 Å². The van der Waals surface area contributed by atoms with Gasteiger partial charge in [0, 0.05) is 22.6 Å². The van der Waals surface area contributed by atoms with Crippen LogP contribution in [0.3, 0.4) is 0 Å². The standard InChI is InChI=1S/C26H30ClN3O7/c1-3-30(2)20-13-8-10-7-12-17(15(31)9-11(19(12)27)14-5-4-6-29-14)21(32)16(10)23(34)26(13,37)24(35)18(22(20)33)25(28)36/h9-10,13-14,20,29,31-32,35,37H,3-8H2,1-2H3,(H2,28,36)/t10-,13-,14?,20-,26-/m0/s1. The van der Waals surface area contributed by atoms with Crippen LogP contribution in [0.4, 0.5) is 0 Å². The summed E-state index contributed by atoms with van der Waals surface area (Å²) < 4.78 is 0. The number of amides is 1. The Morgan fingerprint density at radius 2 is 2.00 bits per heavy atom. The lowest BCUT2D eigenvalue weighted by Gasteiger charge is -2.50. The number of halogens is 1. The average Bonchev–Trinajstić information content (AvgIpc) is 3.37. The van der Waals surface area contributed by atoms with E-state index in [-0.39, 0.29) is 35.8 Å². The van der Waals surface area contributed by atoms with E-state index in [0.717, 1.165) is 19.4 Å². The summed E-state index contributed by atoms with van der Waals surface area (Å²) in [6.07, 6.45) is 1.99. The molecule has 5 atom stereocenters. The van der Waals surface area contributed by atoms with Crippen molar-refractivity contribution >= 4 is 34.8 Å². The van der Waals surface area contributed by atoms with Gasteiger partial charge in [-0.25, -0.2) is 0 Å². The van der Waals surface area contributed by atoms with E-state index in [9.17, 15) is 34.8 Å². The van der Waals surface area contributed by atoms with Gasteiger partial charge in [-0.2, -0.15) is 0 Å². The summed E-state index contributed by atoms with van der Waals surface area (Å²) in [7, 11) is 1.61. The molecule has 37 heavy (non-hydrogen) atoms. The molecular formula is C26H30ClN3O7. The number of phenols is 1. The first kappa shape index (κ1) is 25.7. The van der Waals surface area contributed by atoms with E-state index in [1.807, 2.05) is 0 Å². The zero-order valence-corrected chi connectivity index (χ0v) is 21.3. The highest BCUT2D eigenvalue weighted by molar-refractivity contribution is 6.33. The van der Waals surface area contributed by atoms with Gasteiger partial charge in [0.25, 0.3) is 5.91 Å². The smallest absolute Gasteiger partial charge is 0.255 e. The third-order valence-corrected chi connectivity index (χ3v) is 8.98. The number of carbonyl (C=O) groups excluding carboxylic acids is 3. The monoisotopic (exact) mass is 531 g/mol. The number of carbonyl (C=O) groups is 3. The number of aliphatic hydroxyl groups excluding tert-OH is 2. The summed E-state index contributed by atoms with van der Waals surface area (Å²) in [5, 5.41) is 48.5. The van der Waals surface area contributed by atoms with Crippen molar-refractivity contribution in [1.82, 2.24) is 10.2 Å². The van der Waals surface area contributed by atoms with Gasteiger partial charge in [0.2, 0.25) is 5.78 Å². The van der Waals surface area contributed by atoms with Crippen LogP contribution in [-0.4, -0.2) is 74.6 Å². The molecule has 3 aliphatic carbocycles. The van der Waals surface area contributed by atoms with Gasteiger partial charge in [-0.05, 0) is 68.9 Å². The van der Waals surface area contributed by atoms with Gasteiger partial charge in [0.1, 0.15) is 22.8 Å². The molecule has 1 aromatic rings. The quantitative estimate of drug-likeness (QED) is 0.314. The molecule has 0 aromatic heterocycles. The number of fused-ring (bicyclic) bond motifs is 3. The van der Waals surface area contributed by atoms with Crippen molar-refractivity contribution in [3.05, 3.63) is 44.7 Å². The van der Waals surface area contributed by atoms with Crippen molar-refractivity contribution in [2.24, 2.45) is 17.6 Å². The van der Waals surface area contributed by atoms with Crippen LogP contribution in [0.1, 0.15) is 48.9 Å². The van der Waals surface area contributed by atoms with Gasteiger partial charge in [0.15, 0.2) is 11.4 Å². The number of hydrogen-bond acceptors (Lipinski definition) is 9. The van der Waals surface area contributed by atoms with Gasteiger partial charge in [-0.1, -0.05) is 18.5 Å². The van der Waals surface area contributed by atoms with Gasteiger partial charge in [0.05, 0.1) is 11.6 Å². The fraction of sp³-hybridized carbons (Fsp3) is 0.500. The third kappa shape index (κ3) is 3.46. The van der Waals surface area contributed by atoms with Crippen molar-refractivity contribution in [3.8, 4) is 5.75 Å². The van der Waals surface area contributed by atoms with Crippen LogP contribution in [0.5, 0.6) is 5.75 Å². The summed E-state index contributed by atoms with van der Waals surface area (Å²) in [5.41, 5.74) is 2.88. The molecule has 1 saturated carbocycles. The zero-order chi connectivity index (χ0) is 27.0. The Bertz CT molecular complexity index is 1300. The Hall–Kier alpha value is -2.92. The molecule has 5 rings (SSSR count). The first-order valence-electron chi connectivity index (χ1n) is 12.4. The Morgan fingerprint density at radius 3 is 2.59 bits per heavy atom. The molecule has 10 nitrogen and oxygen atoms in total. The van der Waals surface area contributed by atoms with E-state index >= 15 is 0 Å². The minimum absolute atomic E-state index is 0.00102. The van der Waals surface area contributed by atoms with Crippen LogP contribution in [0.15, 0.2) is 23.0 Å². The Morgan fingerprint density at radius 1 is 1.30 bits per heavy atom. The number of Topliss-reactive ketones (excluding diaryl/α,β-unsaturated/α-hetero) is 2. The number of hydrogen-bond donors (Lipinski definition) is 6. The number of aliphatic hydroxyl groups is 3. The van der Waals surface area contributed by atoms with Crippen molar-refractivity contribution < 1.29 is 34.8 Å². The predicted molar refractivity (Wildman–Crippen MR) is 134 cm³/mol. The maximum Gasteiger partial charge on any atom is 0.255 e. The molecule has 0 bridgehead atoms. The molecule has 4 aliphatic rings. The largest absolute Gasteiger partial charge is 0.508 e. The summed E-state index contributed by atoms with van der Waals surface area (Å²) in [4.78, 5) is 40.9. The number of nitrogens with one attached hydrogen (secondary N) is 1. The minimum Gasteiger partial charge on any atom is -0.508 e. The number of primary amides is 1. The summed E-state index contributed by atoms with van der Waals surface area (Å²) >= 11 is 6.80. The molecule has 1 aromatic carbocycles. The molecule has 11 heteroatoms. The SMILES string of the molecule is CCN(C)[C@@H]1C(=O)C(C(N)=O)=C(O)[C@@]2(O)C(=O)C3=C(O)c4c(O)cc(C5CCCN5)c(Cl)c4C[C@H]3C[C@@H]12. The minimum atomic E-state index is -2.66. The van der Waals surface area contributed by atoms with E-state index in [1.54, 1.807) is 18.9 Å². The van der Waals surface area contributed by atoms with E-state index < -0.39 is 58.0 Å². The first-order chi connectivity index (χ1) is 17.4. The maximum absolute atomic E-state index is 13.9. The lowest BCUT2D eigenvalue weighted by atomic mass is 9.57. The lowest BCUT2D eigenvalue weighted by Crippen LogP contribution is -2.66. The molecule has 1 heterocycles. The summed E-state index contributed by atoms with van der Waals surface area (Å²) in [5.74, 6) is -6.73. The van der Waals surface area contributed by atoms with Gasteiger partial charge >= 0.3 is 0 Å². The summed E-state index contributed by atoms with van der Waals surface area (Å²) in [6.45, 7) is 2.94. The highest BCUT2D eigenvalue weighted by atomic mass is 35.5. The van der Waals surface area contributed by atoms with Crippen LogP contribution in [-0.2, 0) is 20.8 Å². The summed E-state index contributed by atoms with van der Waals surface area (Å²) in [6, 6.07) is 0.308. The number of aromatic hydroxyl groups is 1. The Kier molecular flexibility index (Phi) is 6.14. The number of benzene rings is 1. The number of rotatable bonds is 4. The molecule has 1 unspecified atom stereocenters. The normalized spacial score (nSPS) is 31.5. The highest BCUT2D eigenvalue weighted by Crippen LogP contribution is 2.54. The second-order valence-corrected chi connectivity index (χ2v) is 10.8. The van der Waals surface area contributed by atoms with E-state index in [1.165, 1.54) is 6.07 Å². The van der Waals surface area contributed by atoms with Crippen molar-refractivity contribution in [2.75, 3.05) is 20.1 Å². The lowest BCUT2D eigenvalue weighted by molar-refractivity contribution is -0.154. The van der Waals surface area contributed by atoms with E-state index in [0.29, 0.717) is 22.7 Å². The molecule has 1 aliphatic heterocycles. The van der Waals surface area contributed by atoms with Crippen LogP contribution in [0.2, 0.25) is 5.02 Å². The number of phenolic OH excluding ortho intramolecular Hbond substituents is 1. The second-order valence-electron chi connectivity index (χ2n) is 10.4. The second kappa shape index (κ2) is 8.83. The number of ketones is 2. The van der Waals surface area contributed by atoms with E-state index in [4.69, 9.17) is 17.3 Å². The number of nitrogens with zero attached hydrogens (tertiary/aromatic N) is 1. The van der Waals surface area contributed by atoms with Gasteiger partial charge < -0.3 is 31.5 Å². The molecule has 198 valence electrons. The Balaban J connectivity index is 1.70. The van der Waals surface area contributed by atoms with Crippen LogP contribution < -0.4 is 11.1 Å².